The van der Waals surface area contributed by atoms with E-state index in [-0.39, 0.29) is 24.5 Å². The van der Waals surface area contributed by atoms with Gasteiger partial charge < -0.3 is 15.7 Å². The van der Waals surface area contributed by atoms with Crippen LogP contribution in [-0.2, 0) is 4.79 Å². The molecule has 128 valence electrons. The number of hydrogen-bond donors (Lipinski definition) is 3. The fourth-order valence-corrected chi connectivity index (χ4v) is 2.90. The predicted molar refractivity (Wildman–Crippen MR) is 97.7 cm³/mol. The second kappa shape index (κ2) is 10.7. The SMILES string of the molecule is CCC(CO)NC(=O)C(CCSC)NC(=O)c1ccccc1Br. The zero-order valence-electron chi connectivity index (χ0n) is 13.3. The zero-order chi connectivity index (χ0) is 17.2. The highest BCUT2D eigenvalue weighted by Crippen LogP contribution is 2.16. The van der Waals surface area contributed by atoms with Crippen molar-refractivity contribution in [1.82, 2.24) is 10.6 Å². The van der Waals surface area contributed by atoms with Crippen molar-refractivity contribution < 1.29 is 14.7 Å². The topological polar surface area (TPSA) is 78.4 Å². The Bertz CT molecular complexity index is 524. The van der Waals surface area contributed by atoms with Crippen LogP contribution in [0, 0.1) is 0 Å². The smallest absolute Gasteiger partial charge is 0.253 e. The third kappa shape index (κ3) is 6.53. The molecule has 0 fully saturated rings. The summed E-state index contributed by atoms with van der Waals surface area (Å²) >= 11 is 4.95. The van der Waals surface area contributed by atoms with E-state index in [4.69, 9.17) is 0 Å². The molecule has 23 heavy (non-hydrogen) atoms. The largest absolute Gasteiger partial charge is 0.394 e. The molecule has 0 bridgehead atoms. The van der Waals surface area contributed by atoms with E-state index >= 15 is 0 Å². The van der Waals surface area contributed by atoms with E-state index in [0.29, 0.717) is 22.9 Å². The number of halogens is 1. The Morgan fingerprint density at radius 2 is 2.00 bits per heavy atom. The molecule has 1 rings (SSSR count). The van der Waals surface area contributed by atoms with Gasteiger partial charge in [0.2, 0.25) is 5.91 Å². The van der Waals surface area contributed by atoms with Gasteiger partial charge in [-0.15, -0.1) is 0 Å². The number of carbonyl (C=O) groups excluding carboxylic acids is 2. The lowest BCUT2D eigenvalue weighted by Gasteiger charge is -2.21. The molecule has 1 aromatic rings. The molecule has 0 radical (unpaired) electrons. The molecule has 2 unspecified atom stereocenters. The van der Waals surface area contributed by atoms with Crippen molar-refractivity contribution >= 4 is 39.5 Å². The molecule has 0 saturated carbocycles. The molecule has 0 saturated heterocycles. The van der Waals surface area contributed by atoms with Crippen LogP contribution >= 0.6 is 27.7 Å². The second-order valence-electron chi connectivity index (χ2n) is 5.08. The summed E-state index contributed by atoms with van der Waals surface area (Å²) in [5.74, 6) is 0.195. The van der Waals surface area contributed by atoms with Crippen molar-refractivity contribution in [3.8, 4) is 0 Å². The molecule has 0 aliphatic heterocycles. The lowest BCUT2D eigenvalue weighted by atomic mass is 10.1. The normalized spacial score (nSPS) is 13.2. The minimum atomic E-state index is -0.623. The summed E-state index contributed by atoms with van der Waals surface area (Å²) in [6.45, 7) is 1.77. The van der Waals surface area contributed by atoms with Crippen molar-refractivity contribution in [2.24, 2.45) is 0 Å². The van der Waals surface area contributed by atoms with E-state index in [9.17, 15) is 14.7 Å². The monoisotopic (exact) mass is 402 g/mol. The first-order valence-corrected chi connectivity index (χ1v) is 9.67. The van der Waals surface area contributed by atoms with E-state index < -0.39 is 6.04 Å². The lowest BCUT2D eigenvalue weighted by Crippen LogP contribution is -2.50. The fraction of sp³-hybridized carbons (Fsp3) is 0.500. The van der Waals surface area contributed by atoms with Crippen LogP contribution in [0.3, 0.4) is 0 Å². The molecule has 0 aliphatic carbocycles. The zero-order valence-corrected chi connectivity index (χ0v) is 15.7. The summed E-state index contributed by atoms with van der Waals surface area (Å²) in [6, 6.07) is 6.17. The molecular weight excluding hydrogens is 380 g/mol. The third-order valence-electron chi connectivity index (χ3n) is 3.41. The van der Waals surface area contributed by atoms with Gasteiger partial charge in [0, 0.05) is 4.47 Å². The molecular formula is C16H23BrN2O3S. The number of amides is 2. The van der Waals surface area contributed by atoms with Gasteiger partial charge in [-0.2, -0.15) is 11.8 Å². The van der Waals surface area contributed by atoms with E-state index in [2.05, 4.69) is 26.6 Å². The molecule has 7 heteroatoms. The van der Waals surface area contributed by atoms with Crippen LogP contribution in [0.25, 0.3) is 0 Å². The average Bonchev–Trinajstić information content (AvgIpc) is 2.56. The molecule has 2 atom stereocenters. The van der Waals surface area contributed by atoms with E-state index in [0.717, 1.165) is 5.75 Å². The number of benzene rings is 1. The van der Waals surface area contributed by atoms with Gasteiger partial charge in [-0.25, -0.2) is 0 Å². The van der Waals surface area contributed by atoms with Crippen LogP contribution in [0.5, 0.6) is 0 Å². The van der Waals surface area contributed by atoms with Gasteiger partial charge in [-0.1, -0.05) is 19.1 Å². The van der Waals surface area contributed by atoms with Crippen molar-refractivity contribution in [3.05, 3.63) is 34.3 Å². The van der Waals surface area contributed by atoms with Gasteiger partial charge in [-0.05, 0) is 52.9 Å². The standard InChI is InChI=1S/C16H23BrN2O3S/c1-3-11(10-20)18-16(22)14(8-9-23-2)19-15(21)12-6-4-5-7-13(12)17/h4-7,11,14,20H,3,8-10H2,1-2H3,(H,18,22)(H,19,21). The second-order valence-corrected chi connectivity index (χ2v) is 6.92. The number of thioether (sulfide) groups is 1. The number of aliphatic hydroxyl groups excluding tert-OH is 1. The third-order valence-corrected chi connectivity index (χ3v) is 4.75. The van der Waals surface area contributed by atoms with Gasteiger partial charge in [0.15, 0.2) is 0 Å². The Hall–Kier alpha value is -1.05. The van der Waals surface area contributed by atoms with Crippen LogP contribution in [0.15, 0.2) is 28.7 Å². The number of aliphatic hydroxyl groups is 1. The number of hydrogen-bond acceptors (Lipinski definition) is 4. The first kappa shape index (κ1) is 20.0. The Balaban J connectivity index is 2.79. The summed E-state index contributed by atoms with van der Waals surface area (Å²) < 4.78 is 0.684. The summed E-state index contributed by atoms with van der Waals surface area (Å²) in [4.78, 5) is 24.8. The van der Waals surface area contributed by atoms with Gasteiger partial charge >= 0.3 is 0 Å². The Morgan fingerprint density at radius 1 is 1.30 bits per heavy atom. The first-order valence-electron chi connectivity index (χ1n) is 7.49. The van der Waals surface area contributed by atoms with E-state index in [1.54, 1.807) is 30.0 Å². The Kier molecular flexibility index (Phi) is 9.28. The van der Waals surface area contributed by atoms with Gasteiger partial charge in [0.25, 0.3) is 5.91 Å². The van der Waals surface area contributed by atoms with Crippen LogP contribution in [-0.4, -0.2) is 47.6 Å². The first-order chi connectivity index (χ1) is 11.0. The summed E-state index contributed by atoms with van der Waals surface area (Å²) in [5.41, 5.74) is 0.489. The van der Waals surface area contributed by atoms with Crippen LogP contribution < -0.4 is 10.6 Å². The number of rotatable bonds is 9. The van der Waals surface area contributed by atoms with E-state index in [1.165, 1.54) is 0 Å². The maximum Gasteiger partial charge on any atom is 0.253 e. The Labute approximate surface area is 149 Å². The Morgan fingerprint density at radius 3 is 2.57 bits per heavy atom. The van der Waals surface area contributed by atoms with Crippen LogP contribution in [0.1, 0.15) is 30.1 Å². The van der Waals surface area contributed by atoms with Crippen LogP contribution in [0.4, 0.5) is 0 Å². The summed E-state index contributed by atoms with van der Waals surface area (Å²) in [5, 5.41) is 14.8. The average molecular weight is 403 g/mol. The van der Waals surface area contributed by atoms with Gasteiger partial charge in [0.05, 0.1) is 18.2 Å². The van der Waals surface area contributed by atoms with Gasteiger partial charge in [0.1, 0.15) is 6.04 Å². The van der Waals surface area contributed by atoms with Crippen molar-refractivity contribution in [2.75, 3.05) is 18.6 Å². The molecule has 0 aliphatic rings. The van der Waals surface area contributed by atoms with Crippen molar-refractivity contribution in [1.29, 1.82) is 0 Å². The molecule has 0 heterocycles. The molecule has 2 amide bonds. The highest BCUT2D eigenvalue weighted by Gasteiger charge is 2.23. The maximum atomic E-state index is 12.4. The minimum Gasteiger partial charge on any atom is -0.394 e. The molecule has 0 spiro atoms. The number of carbonyl (C=O) groups is 2. The number of nitrogens with one attached hydrogen (secondary N) is 2. The fourth-order valence-electron chi connectivity index (χ4n) is 1.96. The quantitative estimate of drug-likeness (QED) is 0.591. The molecule has 3 N–H and O–H groups in total. The molecule has 0 aromatic heterocycles. The predicted octanol–water partition coefficient (Wildman–Crippen LogP) is 2.19. The summed E-state index contributed by atoms with van der Waals surface area (Å²) in [7, 11) is 0. The summed E-state index contributed by atoms with van der Waals surface area (Å²) in [6.07, 6.45) is 3.12. The molecule has 1 aromatic carbocycles. The lowest BCUT2D eigenvalue weighted by molar-refractivity contribution is -0.124. The minimum absolute atomic E-state index is 0.115. The van der Waals surface area contributed by atoms with Gasteiger partial charge in [-0.3, -0.25) is 9.59 Å². The van der Waals surface area contributed by atoms with E-state index in [1.807, 2.05) is 19.2 Å². The molecule has 5 nitrogen and oxygen atoms in total. The highest BCUT2D eigenvalue weighted by molar-refractivity contribution is 9.10. The highest BCUT2D eigenvalue weighted by atomic mass is 79.9. The maximum absolute atomic E-state index is 12.4. The van der Waals surface area contributed by atoms with Crippen molar-refractivity contribution in [3.63, 3.8) is 0 Å². The van der Waals surface area contributed by atoms with Crippen molar-refractivity contribution in [2.45, 2.75) is 31.8 Å². The van der Waals surface area contributed by atoms with Crippen LogP contribution in [0.2, 0.25) is 0 Å².